The Labute approximate surface area is 183 Å². The standard InChI is InChI=1S/C22H30N4O4S/c1-16-4-6-20(7-5-16)30-14-21(27)24-9-11-25(12-10-24)22-17(2)23-26(18(22)3)19-8-13-31(28,29)15-19/h4-7,19H,8-15H2,1-3H3. The molecule has 1 atom stereocenters. The first-order chi connectivity index (χ1) is 14.7. The van der Waals surface area contributed by atoms with E-state index in [9.17, 15) is 13.2 Å². The van der Waals surface area contributed by atoms with Crippen LogP contribution in [0.4, 0.5) is 5.69 Å². The number of rotatable bonds is 5. The molecule has 2 aliphatic rings. The predicted molar refractivity (Wildman–Crippen MR) is 119 cm³/mol. The second-order valence-corrected chi connectivity index (χ2v) is 10.7. The summed E-state index contributed by atoms with van der Waals surface area (Å²) in [6, 6.07) is 7.59. The number of hydrogen-bond donors (Lipinski definition) is 0. The van der Waals surface area contributed by atoms with E-state index < -0.39 is 9.84 Å². The maximum atomic E-state index is 12.6. The average molecular weight is 447 g/mol. The highest BCUT2D eigenvalue weighted by atomic mass is 32.2. The zero-order valence-corrected chi connectivity index (χ0v) is 19.2. The van der Waals surface area contributed by atoms with Gasteiger partial charge in [0.1, 0.15) is 5.75 Å². The van der Waals surface area contributed by atoms with Crippen LogP contribution in [0.5, 0.6) is 5.75 Å². The van der Waals surface area contributed by atoms with Gasteiger partial charge in [-0.25, -0.2) is 8.42 Å². The van der Waals surface area contributed by atoms with Crippen molar-refractivity contribution in [1.29, 1.82) is 0 Å². The molecule has 0 aliphatic carbocycles. The highest BCUT2D eigenvalue weighted by molar-refractivity contribution is 7.91. The third kappa shape index (κ3) is 4.71. The summed E-state index contributed by atoms with van der Waals surface area (Å²) >= 11 is 0. The maximum Gasteiger partial charge on any atom is 0.260 e. The largest absolute Gasteiger partial charge is 0.484 e. The van der Waals surface area contributed by atoms with Crippen LogP contribution in [-0.2, 0) is 14.6 Å². The van der Waals surface area contributed by atoms with Gasteiger partial charge in [-0.2, -0.15) is 5.10 Å². The number of carbonyl (C=O) groups is 1. The van der Waals surface area contributed by atoms with Crippen LogP contribution in [-0.4, -0.2) is 73.3 Å². The summed E-state index contributed by atoms with van der Waals surface area (Å²) < 4.78 is 31.3. The van der Waals surface area contributed by atoms with Crippen molar-refractivity contribution >= 4 is 21.4 Å². The fraction of sp³-hybridized carbons (Fsp3) is 0.545. The Morgan fingerprint density at radius 2 is 1.77 bits per heavy atom. The molecule has 8 nitrogen and oxygen atoms in total. The molecular weight excluding hydrogens is 416 g/mol. The Bertz CT molecular complexity index is 1050. The average Bonchev–Trinajstić information content (AvgIpc) is 3.25. The lowest BCUT2D eigenvalue weighted by molar-refractivity contribution is -0.133. The highest BCUT2D eigenvalue weighted by Gasteiger charge is 2.33. The molecule has 0 spiro atoms. The van der Waals surface area contributed by atoms with Crippen molar-refractivity contribution in [2.45, 2.75) is 33.2 Å². The maximum absolute atomic E-state index is 12.6. The molecule has 168 valence electrons. The molecule has 0 bridgehead atoms. The van der Waals surface area contributed by atoms with E-state index in [4.69, 9.17) is 4.74 Å². The summed E-state index contributed by atoms with van der Waals surface area (Å²) in [6.07, 6.45) is 0.618. The lowest BCUT2D eigenvalue weighted by Gasteiger charge is -2.36. The second kappa shape index (κ2) is 8.53. The van der Waals surface area contributed by atoms with Crippen LogP contribution < -0.4 is 9.64 Å². The molecule has 3 heterocycles. The molecular formula is C22H30N4O4S. The van der Waals surface area contributed by atoms with Crippen LogP contribution in [0.3, 0.4) is 0 Å². The lowest BCUT2D eigenvalue weighted by Crippen LogP contribution is -2.50. The molecule has 2 fully saturated rings. The Morgan fingerprint density at radius 3 is 2.39 bits per heavy atom. The number of ether oxygens (including phenoxy) is 1. The minimum atomic E-state index is -2.96. The van der Waals surface area contributed by atoms with E-state index in [1.54, 1.807) is 0 Å². The van der Waals surface area contributed by atoms with Crippen LogP contribution in [0.2, 0.25) is 0 Å². The van der Waals surface area contributed by atoms with Crippen molar-refractivity contribution < 1.29 is 17.9 Å². The van der Waals surface area contributed by atoms with E-state index in [1.165, 1.54) is 0 Å². The smallest absolute Gasteiger partial charge is 0.260 e. The Hall–Kier alpha value is -2.55. The first-order valence-electron chi connectivity index (χ1n) is 10.7. The van der Waals surface area contributed by atoms with E-state index in [2.05, 4.69) is 10.00 Å². The molecule has 2 aromatic rings. The van der Waals surface area contributed by atoms with Gasteiger partial charge in [0.25, 0.3) is 5.91 Å². The Morgan fingerprint density at radius 1 is 1.10 bits per heavy atom. The van der Waals surface area contributed by atoms with Gasteiger partial charge in [0.2, 0.25) is 0 Å². The second-order valence-electron chi connectivity index (χ2n) is 8.49. The monoisotopic (exact) mass is 446 g/mol. The summed E-state index contributed by atoms with van der Waals surface area (Å²) in [5.74, 6) is 1.08. The normalized spacial score (nSPS) is 20.8. The van der Waals surface area contributed by atoms with Gasteiger partial charge in [0, 0.05) is 26.2 Å². The van der Waals surface area contributed by atoms with E-state index in [0.29, 0.717) is 38.3 Å². The van der Waals surface area contributed by atoms with Crippen molar-refractivity contribution in [3.05, 3.63) is 41.2 Å². The molecule has 2 aliphatic heterocycles. The summed E-state index contributed by atoms with van der Waals surface area (Å²) in [4.78, 5) is 16.7. The van der Waals surface area contributed by atoms with Gasteiger partial charge in [-0.15, -0.1) is 0 Å². The fourth-order valence-corrected chi connectivity index (χ4v) is 6.18. The Balaban J connectivity index is 1.35. The van der Waals surface area contributed by atoms with Crippen molar-refractivity contribution in [1.82, 2.24) is 14.7 Å². The van der Waals surface area contributed by atoms with Crippen LogP contribution in [0.25, 0.3) is 0 Å². The van der Waals surface area contributed by atoms with Gasteiger partial charge < -0.3 is 14.5 Å². The van der Waals surface area contributed by atoms with Crippen LogP contribution in [0, 0.1) is 20.8 Å². The number of aromatic nitrogens is 2. The molecule has 31 heavy (non-hydrogen) atoms. The molecule has 1 aromatic heterocycles. The molecule has 9 heteroatoms. The summed E-state index contributed by atoms with van der Waals surface area (Å²) in [5, 5.41) is 4.67. The topological polar surface area (TPSA) is 84.7 Å². The summed E-state index contributed by atoms with van der Waals surface area (Å²) in [5.41, 5.74) is 4.12. The first-order valence-corrected chi connectivity index (χ1v) is 12.5. The molecule has 4 rings (SSSR count). The van der Waals surface area contributed by atoms with E-state index >= 15 is 0 Å². The van der Waals surface area contributed by atoms with E-state index in [0.717, 1.165) is 22.6 Å². The summed E-state index contributed by atoms with van der Waals surface area (Å²) in [6.45, 7) is 8.70. The number of aryl methyl sites for hydroxylation is 2. The minimum absolute atomic E-state index is 0.0134. The van der Waals surface area contributed by atoms with Crippen LogP contribution in [0.1, 0.15) is 29.4 Å². The SMILES string of the molecule is Cc1ccc(OCC(=O)N2CCN(c3c(C)nn(C4CCS(=O)(=O)C4)c3C)CC2)cc1. The van der Waals surface area contributed by atoms with E-state index in [1.807, 2.05) is 54.6 Å². The molecule has 1 amide bonds. The molecule has 1 aromatic carbocycles. The predicted octanol–water partition coefficient (Wildman–Crippen LogP) is 1.90. The summed E-state index contributed by atoms with van der Waals surface area (Å²) in [7, 11) is -2.96. The van der Waals surface area contributed by atoms with Crippen LogP contribution >= 0.6 is 0 Å². The van der Waals surface area contributed by atoms with Gasteiger partial charge in [0.05, 0.1) is 34.6 Å². The minimum Gasteiger partial charge on any atom is -0.484 e. The van der Waals surface area contributed by atoms with Gasteiger partial charge in [-0.05, 0) is 39.3 Å². The highest BCUT2D eigenvalue weighted by Crippen LogP contribution is 2.31. The van der Waals surface area contributed by atoms with Crippen molar-refractivity contribution in [3.63, 3.8) is 0 Å². The molecule has 0 radical (unpaired) electrons. The number of piperazine rings is 1. The molecule has 0 saturated carbocycles. The zero-order valence-electron chi connectivity index (χ0n) is 18.4. The number of anilines is 1. The van der Waals surface area contributed by atoms with Crippen molar-refractivity contribution in [2.24, 2.45) is 0 Å². The number of nitrogens with zero attached hydrogens (tertiary/aromatic N) is 4. The van der Waals surface area contributed by atoms with Gasteiger partial charge in [-0.1, -0.05) is 17.7 Å². The zero-order chi connectivity index (χ0) is 22.2. The molecule has 2 saturated heterocycles. The number of carbonyl (C=O) groups excluding carboxylic acids is 1. The fourth-order valence-electron chi connectivity index (χ4n) is 4.49. The molecule has 0 N–H and O–H groups in total. The first kappa shape index (κ1) is 21.7. The number of sulfone groups is 1. The van der Waals surface area contributed by atoms with E-state index in [-0.39, 0.29) is 30.1 Å². The van der Waals surface area contributed by atoms with Crippen LogP contribution in [0.15, 0.2) is 24.3 Å². The van der Waals surface area contributed by atoms with Crippen molar-refractivity contribution in [2.75, 3.05) is 49.2 Å². The van der Waals surface area contributed by atoms with Crippen molar-refractivity contribution in [3.8, 4) is 5.75 Å². The van der Waals surface area contributed by atoms with Gasteiger partial charge in [-0.3, -0.25) is 9.48 Å². The third-order valence-corrected chi connectivity index (χ3v) is 7.92. The van der Waals surface area contributed by atoms with Gasteiger partial charge in [0.15, 0.2) is 16.4 Å². The number of hydrogen-bond acceptors (Lipinski definition) is 6. The number of amides is 1. The number of benzene rings is 1. The quantitative estimate of drug-likeness (QED) is 0.697. The Kier molecular flexibility index (Phi) is 5.96. The third-order valence-electron chi connectivity index (χ3n) is 6.17. The lowest BCUT2D eigenvalue weighted by atomic mass is 10.2. The molecule has 1 unspecified atom stereocenters. The van der Waals surface area contributed by atoms with Gasteiger partial charge >= 0.3 is 0 Å².